The molecule has 0 saturated carbocycles. The van der Waals surface area contributed by atoms with Crippen molar-refractivity contribution in [3.8, 4) is 0 Å². The first kappa shape index (κ1) is 16.5. The molecule has 2 heterocycles. The Balaban J connectivity index is 2.21. The largest absolute Gasteiger partial charge is 0.454 e. The maximum atomic E-state index is 12.6. The fraction of sp³-hybridized carbons (Fsp3) is 0.467. The molecule has 0 saturated heterocycles. The SMILES string of the molecule is CCOC1CCC(C(=O)C(F)(F)F)=CN1Cc1cccnc1. The number of nitrogens with zero attached hydrogens (tertiary/aromatic N) is 2. The third-order valence-electron chi connectivity index (χ3n) is 3.35. The standard InChI is InChI=1S/C15H17F3N2O2/c1-2-22-13-6-5-12(14(21)15(16,17)18)10-20(13)9-11-4-3-7-19-8-11/h3-4,7-8,10,13H,2,5-6,9H2,1H3. The van der Waals surface area contributed by atoms with Crippen molar-refractivity contribution in [1.82, 2.24) is 9.88 Å². The molecule has 22 heavy (non-hydrogen) atoms. The summed E-state index contributed by atoms with van der Waals surface area (Å²) in [6, 6.07) is 3.57. The van der Waals surface area contributed by atoms with Crippen LogP contribution in [0.1, 0.15) is 25.3 Å². The molecule has 1 aromatic rings. The first-order chi connectivity index (χ1) is 10.4. The first-order valence-corrected chi connectivity index (χ1v) is 7.00. The van der Waals surface area contributed by atoms with Gasteiger partial charge in [0.25, 0.3) is 5.78 Å². The van der Waals surface area contributed by atoms with Gasteiger partial charge in [-0.1, -0.05) is 6.07 Å². The van der Waals surface area contributed by atoms with Crippen LogP contribution in [0, 0.1) is 0 Å². The number of hydrogen-bond acceptors (Lipinski definition) is 4. The summed E-state index contributed by atoms with van der Waals surface area (Å²) in [5, 5.41) is 0. The molecule has 0 N–H and O–H groups in total. The number of ketones is 1. The summed E-state index contributed by atoms with van der Waals surface area (Å²) >= 11 is 0. The van der Waals surface area contributed by atoms with Crippen molar-refractivity contribution in [3.05, 3.63) is 41.9 Å². The van der Waals surface area contributed by atoms with Crippen molar-refractivity contribution in [3.63, 3.8) is 0 Å². The molecule has 4 nitrogen and oxygen atoms in total. The zero-order valence-corrected chi connectivity index (χ0v) is 12.1. The van der Waals surface area contributed by atoms with E-state index in [1.807, 2.05) is 13.0 Å². The van der Waals surface area contributed by atoms with E-state index in [2.05, 4.69) is 4.98 Å². The van der Waals surface area contributed by atoms with Crippen LogP contribution in [0.15, 0.2) is 36.3 Å². The van der Waals surface area contributed by atoms with Crippen LogP contribution < -0.4 is 0 Å². The van der Waals surface area contributed by atoms with Crippen LogP contribution in [0.25, 0.3) is 0 Å². The number of ether oxygens (including phenoxy) is 1. The number of hydrogen-bond donors (Lipinski definition) is 0. The van der Waals surface area contributed by atoms with Crippen LogP contribution in [-0.4, -0.2) is 34.7 Å². The second-order valence-corrected chi connectivity index (χ2v) is 4.96. The highest BCUT2D eigenvalue weighted by molar-refractivity contribution is 5.99. The molecule has 0 radical (unpaired) electrons. The van der Waals surface area contributed by atoms with E-state index in [0.29, 0.717) is 19.6 Å². The summed E-state index contributed by atoms with van der Waals surface area (Å²) in [5.41, 5.74) is 0.608. The van der Waals surface area contributed by atoms with Crippen LogP contribution in [0.4, 0.5) is 13.2 Å². The van der Waals surface area contributed by atoms with Crippen molar-refractivity contribution in [2.75, 3.05) is 6.61 Å². The van der Waals surface area contributed by atoms with Crippen LogP contribution >= 0.6 is 0 Å². The molecule has 1 unspecified atom stereocenters. The molecular formula is C15H17F3N2O2. The third-order valence-corrected chi connectivity index (χ3v) is 3.35. The molecule has 0 aromatic carbocycles. The Hall–Kier alpha value is -1.89. The minimum atomic E-state index is -4.84. The lowest BCUT2D eigenvalue weighted by molar-refractivity contribution is -0.167. The molecule has 0 aliphatic carbocycles. The fourth-order valence-corrected chi connectivity index (χ4v) is 2.37. The molecule has 0 bridgehead atoms. The van der Waals surface area contributed by atoms with E-state index >= 15 is 0 Å². The summed E-state index contributed by atoms with van der Waals surface area (Å²) in [5.74, 6) is -1.78. The maximum Gasteiger partial charge on any atom is 0.454 e. The van der Waals surface area contributed by atoms with Gasteiger partial charge in [-0.15, -0.1) is 0 Å². The second-order valence-electron chi connectivity index (χ2n) is 4.96. The van der Waals surface area contributed by atoms with Crippen LogP contribution in [0.5, 0.6) is 0 Å². The molecule has 120 valence electrons. The summed E-state index contributed by atoms with van der Waals surface area (Å²) in [6.07, 6.45) is -0.245. The molecule has 1 aliphatic rings. The first-order valence-electron chi connectivity index (χ1n) is 7.00. The Morgan fingerprint density at radius 2 is 2.27 bits per heavy atom. The van der Waals surface area contributed by atoms with Gasteiger partial charge in [-0.05, 0) is 31.4 Å². The van der Waals surface area contributed by atoms with E-state index in [-0.39, 0.29) is 18.2 Å². The van der Waals surface area contributed by atoms with Crippen LogP contribution in [-0.2, 0) is 16.1 Å². The van der Waals surface area contributed by atoms with Gasteiger partial charge in [-0.25, -0.2) is 0 Å². The van der Waals surface area contributed by atoms with Gasteiger partial charge >= 0.3 is 6.18 Å². The highest BCUT2D eigenvalue weighted by atomic mass is 19.4. The minimum Gasteiger partial charge on any atom is -0.359 e. The Kier molecular flexibility index (Phi) is 5.18. The predicted molar refractivity (Wildman–Crippen MR) is 73.6 cm³/mol. The molecule has 2 rings (SSSR count). The summed E-state index contributed by atoms with van der Waals surface area (Å²) < 4.78 is 43.3. The average Bonchev–Trinajstić information content (AvgIpc) is 2.48. The average molecular weight is 314 g/mol. The topological polar surface area (TPSA) is 42.4 Å². The molecule has 7 heteroatoms. The van der Waals surface area contributed by atoms with Crippen molar-refractivity contribution in [2.24, 2.45) is 0 Å². The molecule has 1 aromatic heterocycles. The highest BCUT2D eigenvalue weighted by Gasteiger charge is 2.42. The minimum absolute atomic E-state index is 0.0621. The smallest absolute Gasteiger partial charge is 0.359 e. The molecular weight excluding hydrogens is 297 g/mol. The normalized spacial score (nSPS) is 19.0. The van der Waals surface area contributed by atoms with Gasteiger partial charge in [0.1, 0.15) is 6.23 Å². The zero-order valence-electron chi connectivity index (χ0n) is 12.1. The monoisotopic (exact) mass is 314 g/mol. The number of carbonyl (C=O) groups excluding carboxylic acids is 1. The lowest BCUT2D eigenvalue weighted by Crippen LogP contribution is -2.38. The maximum absolute atomic E-state index is 12.6. The summed E-state index contributed by atoms with van der Waals surface area (Å²) in [7, 11) is 0. The number of Topliss-reactive ketones (excluding diaryl/α,β-unsaturated/α-hetero) is 1. The van der Waals surface area contributed by atoms with E-state index < -0.39 is 12.0 Å². The van der Waals surface area contributed by atoms with Gasteiger partial charge in [0.15, 0.2) is 0 Å². The van der Waals surface area contributed by atoms with Gasteiger partial charge in [-0.2, -0.15) is 13.2 Å². The van der Waals surface area contributed by atoms with Gasteiger partial charge in [-0.3, -0.25) is 9.78 Å². The number of pyridine rings is 1. The Labute approximate surface area is 126 Å². The Morgan fingerprint density at radius 3 is 2.86 bits per heavy atom. The number of alkyl halides is 3. The van der Waals surface area contributed by atoms with E-state index in [1.54, 1.807) is 23.4 Å². The van der Waals surface area contributed by atoms with E-state index in [1.165, 1.54) is 6.20 Å². The summed E-state index contributed by atoms with van der Waals surface area (Å²) in [4.78, 5) is 17.0. The highest BCUT2D eigenvalue weighted by Crippen LogP contribution is 2.29. The number of aromatic nitrogens is 1. The van der Waals surface area contributed by atoms with E-state index in [0.717, 1.165) is 5.56 Å². The quantitative estimate of drug-likeness (QED) is 0.838. The van der Waals surface area contributed by atoms with E-state index in [4.69, 9.17) is 4.74 Å². The summed E-state index contributed by atoms with van der Waals surface area (Å²) in [6.45, 7) is 2.61. The van der Waals surface area contributed by atoms with Crippen LogP contribution in [0.2, 0.25) is 0 Å². The number of allylic oxidation sites excluding steroid dienone is 1. The second kappa shape index (κ2) is 6.91. The van der Waals surface area contributed by atoms with Crippen molar-refractivity contribution in [2.45, 2.75) is 38.7 Å². The van der Waals surface area contributed by atoms with Gasteiger partial charge in [0, 0.05) is 37.3 Å². The van der Waals surface area contributed by atoms with Crippen molar-refractivity contribution < 1.29 is 22.7 Å². The lowest BCUT2D eigenvalue weighted by atomic mass is 10.0. The zero-order chi connectivity index (χ0) is 16.2. The van der Waals surface area contributed by atoms with Crippen molar-refractivity contribution in [1.29, 1.82) is 0 Å². The third kappa shape index (κ3) is 4.07. The number of rotatable bonds is 5. The predicted octanol–water partition coefficient (Wildman–Crippen LogP) is 3.06. The van der Waals surface area contributed by atoms with E-state index in [9.17, 15) is 18.0 Å². The van der Waals surface area contributed by atoms with Gasteiger partial charge in [0.2, 0.25) is 0 Å². The molecule has 1 atom stereocenters. The molecule has 0 fully saturated rings. The Bertz CT molecular complexity index is 543. The number of carbonyl (C=O) groups is 1. The molecule has 0 amide bonds. The van der Waals surface area contributed by atoms with Gasteiger partial charge in [0.05, 0.1) is 0 Å². The van der Waals surface area contributed by atoms with Gasteiger partial charge < -0.3 is 9.64 Å². The van der Waals surface area contributed by atoms with Crippen LogP contribution in [0.3, 0.4) is 0 Å². The Morgan fingerprint density at radius 1 is 1.50 bits per heavy atom. The molecule has 0 spiro atoms. The lowest BCUT2D eigenvalue weighted by Gasteiger charge is -2.34. The number of halogens is 3. The van der Waals surface area contributed by atoms with Crippen molar-refractivity contribution >= 4 is 5.78 Å². The molecule has 1 aliphatic heterocycles. The fourth-order valence-electron chi connectivity index (χ4n) is 2.37.